The first-order chi connectivity index (χ1) is 10.1. The van der Waals surface area contributed by atoms with Crippen molar-refractivity contribution in [1.82, 2.24) is 10.2 Å². The molecular formula is C15H18Cl2N2O2. The number of benzene rings is 1. The molecule has 1 aromatic rings. The fraction of sp³-hybridized carbons (Fsp3) is 0.533. The van der Waals surface area contributed by atoms with Gasteiger partial charge in [-0.3, -0.25) is 4.79 Å². The fourth-order valence-corrected chi connectivity index (χ4v) is 3.15. The van der Waals surface area contributed by atoms with E-state index in [2.05, 4.69) is 10.2 Å². The van der Waals surface area contributed by atoms with Crippen molar-refractivity contribution in [2.75, 3.05) is 13.1 Å². The van der Waals surface area contributed by atoms with Crippen LogP contribution in [0, 0.1) is 0 Å². The van der Waals surface area contributed by atoms with Crippen LogP contribution >= 0.6 is 23.2 Å². The number of piperidine rings is 1. The molecule has 2 aliphatic rings. The highest BCUT2D eigenvalue weighted by molar-refractivity contribution is 6.43. The Hall–Kier alpha value is -0.970. The molecule has 2 fully saturated rings. The molecule has 1 amide bonds. The van der Waals surface area contributed by atoms with E-state index < -0.39 is 0 Å². The van der Waals surface area contributed by atoms with Crippen LogP contribution in [0.4, 0.5) is 0 Å². The molecule has 0 radical (unpaired) electrons. The molecule has 2 N–H and O–H groups in total. The van der Waals surface area contributed by atoms with Crippen molar-refractivity contribution in [3.05, 3.63) is 27.7 Å². The Kier molecular flexibility index (Phi) is 4.29. The minimum Gasteiger partial charge on any atom is -0.505 e. The Bertz CT molecular complexity index is 553. The summed E-state index contributed by atoms with van der Waals surface area (Å²) in [7, 11) is 0. The maximum absolute atomic E-state index is 12.2. The zero-order valence-electron chi connectivity index (χ0n) is 11.6. The Morgan fingerprint density at radius 2 is 1.86 bits per heavy atom. The summed E-state index contributed by atoms with van der Waals surface area (Å²) in [5.74, 6) is -0.548. The monoisotopic (exact) mass is 328 g/mol. The minimum atomic E-state index is -0.295. The molecule has 1 aromatic carbocycles. The Balaban J connectivity index is 1.60. The molecular weight excluding hydrogens is 311 g/mol. The number of carbonyl (C=O) groups is 1. The van der Waals surface area contributed by atoms with E-state index in [0.717, 1.165) is 32.0 Å². The van der Waals surface area contributed by atoms with E-state index in [1.165, 1.54) is 25.0 Å². The summed E-state index contributed by atoms with van der Waals surface area (Å²) in [6.45, 7) is 2.06. The van der Waals surface area contributed by atoms with Crippen molar-refractivity contribution in [3.8, 4) is 5.75 Å². The van der Waals surface area contributed by atoms with Crippen LogP contribution in [0.25, 0.3) is 0 Å². The summed E-state index contributed by atoms with van der Waals surface area (Å²) in [6.07, 6.45) is 4.52. The lowest BCUT2D eigenvalue weighted by Crippen LogP contribution is -2.45. The Morgan fingerprint density at radius 1 is 1.19 bits per heavy atom. The molecule has 0 bridgehead atoms. The number of hydrogen-bond donors (Lipinski definition) is 2. The first kappa shape index (κ1) is 14.9. The van der Waals surface area contributed by atoms with Crippen molar-refractivity contribution in [1.29, 1.82) is 0 Å². The van der Waals surface area contributed by atoms with Gasteiger partial charge in [0.25, 0.3) is 5.91 Å². The first-order valence-corrected chi connectivity index (χ1v) is 8.03. The molecule has 0 aromatic heterocycles. The number of rotatable bonds is 3. The number of nitrogens with zero attached hydrogens (tertiary/aromatic N) is 1. The van der Waals surface area contributed by atoms with Gasteiger partial charge in [-0.25, -0.2) is 0 Å². The highest BCUT2D eigenvalue weighted by atomic mass is 35.5. The molecule has 0 unspecified atom stereocenters. The van der Waals surface area contributed by atoms with E-state index in [-0.39, 0.29) is 33.3 Å². The van der Waals surface area contributed by atoms with Crippen molar-refractivity contribution in [3.63, 3.8) is 0 Å². The third kappa shape index (κ3) is 3.28. The van der Waals surface area contributed by atoms with Crippen LogP contribution in [0.2, 0.25) is 10.0 Å². The maximum Gasteiger partial charge on any atom is 0.255 e. The molecule has 6 heteroatoms. The van der Waals surface area contributed by atoms with Crippen LogP contribution in [0.1, 0.15) is 36.0 Å². The summed E-state index contributed by atoms with van der Waals surface area (Å²) in [6, 6.07) is 3.95. The van der Waals surface area contributed by atoms with Gasteiger partial charge >= 0.3 is 0 Å². The molecule has 1 saturated heterocycles. The van der Waals surface area contributed by atoms with Gasteiger partial charge in [0, 0.05) is 25.2 Å². The Morgan fingerprint density at radius 3 is 2.48 bits per heavy atom. The van der Waals surface area contributed by atoms with Crippen LogP contribution in [0.5, 0.6) is 5.75 Å². The zero-order chi connectivity index (χ0) is 15.0. The first-order valence-electron chi connectivity index (χ1n) is 7.28. The number of carbonyl (C=O) groups excluding carboxylic acids is 1. The number of phenols is 1. The van der Waals surface area contributed by atoms with Gasteiger partial charge in [-0.05, 0) is 37.8 Å². The molecule has 3 rings (SSSR count). The number of hydrogen-bond acceptors (Lipinski definition) is 3. The number of amides is 1. The van der Waals surface area contributed by atoms with Gasteiger partial charge in [0.15, 0.2) is 0 Å². The standard InChI is InChI=1S/C15H18Cl2N2O2/c16-12-4-3-11(14(20)13(12)17)15(21)18-9-5-7-19(8-6-9)10-1-2-10/h3-4,9-10,20H,1-2,5-8H2,(H,18,21). The summed E-state index contributed by atoms with van der Waals surface area (Å²) < 4.78 is 0. The predicted molar refractivity (Wildman–Crippen MR) is 83.2 cm³/mol. The van der Waals surface area contributed by atoms with E-state index >= 15 is 0 Å². The minimum absolute atomic E-state index is 0.0212. The lowest BCUT2D eigenvalue weighted by atomic mass is 10.0. The van der Waals surface area contributed by atoms with Gasteiger partial charge < -0.3 is 15.3 Å². The van der Waals surface area contributed by atoms with E-state index in [9.17, 15) is 9.90 Å². The fourth-order valence-electron chi connectivity index (χ4n) is 2.83. The lowest BCUT2D eigenvalue weighted by molar-refractivity contribution is 0.0906. The second-order valence-corrected chi connectivity index (χ2v) is 6.56. The zero-order valence-corrected chi connectivity index (χ0v) is 13.1. The topological polar surface area (TPSA) is 52.6 Å². The van der Waals surface area contributed by atoms with E-state index in [1.807, 2.05) is 0 Å². The van der Waals surface area contributed by atoms with Crippen molar-refractivity contribution in [2.24, 2.45) is 0 Å². The predicted octanol–water partition coefficient (Wildman–Crippen LogP) is 3.06. The molecule has 1 aliphatic heterocycles. The van der Waals surface area contributed by atoms with Crippen molar-refractivity contribution in [2.45, 2.75) is 37.8 Å². The average molecular weight is 329 g/mol. The second-order valence-electron chi connectivity index (χ2n) is 5.77. The van der Waals surface area contributed by atoms with Gasteiger partial charge in [0.1, 0.15) is 10.8 Å². The van der Waals surface area contributed by atoms with Crippen LogP contribution in [0.15, 0.2) is 12.1 Å². The SMILES string of the molecule is O=C(NC1CCN(C2CC2)CC1)c1ccc(Cl)c(Cl)c1O. The molecule has 1 aliphatic carbocycles. The molecule has 0 spiro atoms. The van der Waals surface area contributed by atoms with Crippen LogP contribution < -0.4 is 5.32 Å². The maximum atomic E-state index is 12.2. The Labute approximate surface area is 134 Å². The van der Waals surface area contributed by atoms with Gasteiger partial charge in [0.05, 0.1) is 10.6 Å². The van der Waals surface area contributed by atoms with Crippen molar-refractivity contribution < 1.29 is 9.90 Å². The normalized spacial score (nSPS) is 20.5. The second kappa shape index (κ2) is 6.03. The van der Waals surface area contributed by atoms with Gasteiger partial charge in [-0.15, -0.1) is 0 Å². The van der Waals surface area contributed by atoms with E-state index in [0.29, 0.717) is 0 Å². The lowest BCUT2D eigenvalue weighted by Gasteiger charge is -2.32. The third-order valence-electron chi connectivity index (χ3n) is 4.24. The molecule has 114 valence electrons. The van der Waals surface area contributed by atoms with Crippen molar-refractivity contribution >= 4 is 29.1 Å². The van der Waals surface area contributed by atoms with Gasteiger partial charge in [-0.1, -0.05) is 23.2 Å². The van der Waals surface area contributed by atoms with E-state index in [4.69, 9.17) is 23.2 Å². The van der Waals surface area contributed by atoms with Gasteiger partial charge in [0.2, 0.25) is 0 Å². The summed E-state index contributed by atoms with van der Waals surface area (Å²) in [4.78, 5) is 14.7. The quantitative estimate of drug-likeness (QED) is 0.896. The third-order valence-corrected chi connectivity index (χ3v) is 5.04. The smallest absolute Gasteiger partial charge is 0.255 e. The number of phenolic OH excluding ortho intramolecular Hbond substituents is 1. The summed E-state index contributed by atoms with van der Waals surface area (Å²) >= 11 is 11.7. The molecule has 0 atom stereocenters. The number of halogens is 2. The summed E-state index contributed by atoms with van der Waals surface area (Å²) in [5.41, 5.74) is 0.175. The molecule has 1 saturated carbocycles. The highest BCUT2D eigenvalue weighted by Crippen LogP contribution is 2.34. The average Bonchev–Trinajstić information content (AvgIpc) is 3.30. The summed E-state index contributed by atoms with van der Waals surface area (Å²) in [5, 5.41) is 13.2. The van der Waals surface area contributed by atoms with Crippen LogP contribution in [0.3, 0.4) is 0 Å². The number of nitrogens with one attached hydrogen (secondary N) is 1. The van der Waals surface area contributed by atoms with Crippen LogP contribution in [-0.4, -0.2) is 41.1 Å². The largest absolute Gasteiger partial charge is 0.505 e. The van der Waals surface area contributed by atoms with E-state index in [1.54, 1.807) is 0 Å². The molecule has 4 nitrogen and oxygen atoms in total. The molecule has 1 heterocycles. The van der Waals surface area contributed by atoms with Crippen LogP contribution in [-0.2, 0) is 0 Å². The number of aromatic hydroxyl groups is 1. The number of likely N-dealkylation sites (tertiary alicyclic amines) is 1. The van der Waals surface area contributed by atoms with Gasteiger partial charge in [-0.2, -0.15) is 0 Å². The highest BCUT2D eigenvalue weighted by Gasteiger charge is 2.32. The molecule has 21 heavy (non-hydrogen) atoms.